The first-order chi connectivity index (χ1) is 7.34. The van der Waals surface area contributed by atoms with Crippen molar-refractivity contribution in [1.29, 1.82) is 5.26 Å². The van der Waals surface area contributed by atoms with E-state index in [0.717, 1.165) is 6.26 Å². The quantitative estimate of drug-likeness (QED) is 0.780. The number of allylic oxidation sites excluding steroid dienone is 1. The van der Waals surface area contributed by atoms with Crippen LogP contribution in [0.15, 0.2) is 23.1 Å². The standard InChI is InChI=1S/C10H7Cl2NO2S/c1-16(14,15)8(6-13)4-7-2-3-9(11)10(12)5-7/h2-5H,1H3/b8-4+. The highest BCUT2D eigenvalue weighted by atomic mass is 35.5. The summed E-state index contributed by atoms with van der Waals surface area (Å²) in [4.78, 5) is -0.314. The van der Waals surface area contributed by atoms with E-state index in [2.05, 4.69) is 0 Å². The number of nitrogens with zero attached hydrogens (tertiary/aromatic N) is 1. The van der Waals surface area contributed by atoms with Gasteiger partial charge in [-0.1, -0.05) is 29.3 Å². The molecule has 0 amide bonds. The number of hydrogen-bond acceptors (Lipinski definition) is 3. The maximum Gasteiger partial charge on any atom is 0.185 e. The molecule has 0 bridgehead atoms. The van der Waals surface area contributed by atoms with E-state index in [0.29, 0.717) is 15.6 Å². The van der Waals surface area contributed by atoms with E-state index in [1.54, 1.807) is 12.1 Å². The van der Waals surface area contributed by atoms with Crippen molar-refractivity contribution >= 4 is 39.1 Å². The Bertz CT molecular complexity index is 585. The van der Waals surface area contributed by atoms with Crippen molar-refractivity contribution in [2.75, 3.05) is 6.26 Å². The Balaban J connectivity index is 3.27. The Morgan fingerprint density at radius 2 is 2.00 bits per heavy atom. The van der Waals surface area contributed by atoms with E-state index in [9.17, 15) is 8.42 Å². The van der Waals surface area contributed by atoms with Crippen molar-refractivity contribution in [2.24, 2.45) is 0 Å². The molecule has 0 aromatic heterocycles. The lowest BCUT2D eigenvalue weighted by atomic mass is 10.2. The van der Waals surface area contributed by atoms with Crippen LogP contribution in [0.5, 0.6) is 0 Å². The number of hydrogen-bond donors (Lipinski definition) is 0. The third-order valence-corrected chi connectivity index (χ3v) is 3.50. The molecule has 6 heteroatoms. The van der Waals surface area contributed by atoms with Crippen LogP contribution in [-0.2, 0) is 9.84 Å². The van der Waals surface area contributed by atoms with Crippen molar-refractivity contribution in [3.05, 3.63) is 38.7 Å². The summed E-state index contributed by atoms with van der Waals surface area (Å²) in [5.41, 5.74) is 0.511. The van der Waals surface area contributed by atoms with Crippen LogP contribution in [0.1, 0.15) is 5.56 Å². The second kappa shape index (κ2) is 4.88. The molecule has 1 aromatic rings. The van der Waals surface area contributed by atoms with Crippen molar-refractivity contribution in [3.8, 4) is 6.07 Å². The molecule has 0 aliphatic carbocycles. The van der Waals surface area contributed by atoms with Gasteiger partial charge in [0.2, 0.25) is 0 Å². The number of rotatable bonds is 2. The van der Waals surface area contributed by atoms with Crippen molar-refractivity contribution < 1.29 is 8.42 Å². The zero-order valence-corrected chi connectivity index (χ0v) is 10.6. The van der Waals surface area contributed by atoms with Gasteiger partial charge in [0.25, 0.3) is 0 Å². The third kappa shape index (κ3) is 3.24. The maximum atomic E-state index is 11.2. The Kier molecular flexibility index (Phi) is 3.98. The molecule has 0 aliphatic rings. The van der Waals surface area contributed by atoms with Crippen LogP contribution in [0.3, 0.4) is 0 Å². The number of sulfone groups is 1. The Hall–Kier alpha value is -1.02. The van der Waals surface area contributed by atoms with Gasteiger partial charge < -0.3 is 0 Å². The minimum atomic E-state index is -3.51. The first-order valence-electron chi connectivity index (χ1n) is 4.11. The summed E-state index contributed by atoms with van der Waals surface area (Å²) in [5, 5.41) is 9.37. The van der Waals surface area contributed by atoms with Crippen LogP contribution in [-0.4, -0.2) is 14.7 Å². The van der Waals surface area contributed by atoms with E-state index in [1.807, 2.05) is 0 Å². The topological polar surface area (TPSA) is 57.9 Å². The molecule has 0 atom stereocenters. The van der Waals surface area contributed by atoms with Gasteiger partial charge >= 0.3 is 0 Å². The first kappa shape index (κ1) is 13.0. The molecular formula is C10H7Cl2NO2S. The average molecular weight is 276 g/mol. The van der Waals surface area contributed by atoms with Crippen molar-refractivity contribution in [3.63, 3.8) is 0 Å². The average Bonchev–Trinajstić information content (AvgIpc) is 2.18. The number of halogens is 2. The van der Waals surface area contributed by atoms with Crippen LogP contribution in [0.2, 0.25) is 10.0 Å². The molecule has 0 heterocycles. The summed E-state index contributed by atoms with van der Waals surface area (Å²) in [7, 11) is -3.51. The molecule has 16 heavy (non-hydrogen) atoms. The van der Waals surface area contributed by atoms with Crippen LogP contribution in [0.4, 0.5) is 0 Å². The molecule has 1 aromatic carbocycles. The van der Waals surface area contributed by atoms with Gasteiger partial charge in [0.15, 0.2) is 9.84 Å². The smallest absolute Gasteiger partial charge is 0.185 e. The predicted octanol–water partition coefficient (Wildman–Crippen LogP) is 2.90. The molecule has 1 rings (SSSR count). The van der Waals surface area contributed by atoms with E-state index in [1.165, 1.54) is 18.2 Å². The highest BCUT2D eigenvalue weighted by molar-refractivity contribution is 7.95. The molecule has 3 nitrogen and oxygen atoms in total. The Morgan fingerprint density at radius 1 is 1.38 bits per heavy atom. The second-order valence-corrected chi connectivity index (χ2v) is 5.86. The summed E-state index contributed by atoms with van der Waals surface area (Å²) in [5.74, 6) is 0. The van der Waals surface area contributed by atoms with Gasteiger partial charge in [-0.3, -0.25) is 0 Å². The van der Waals surface area contributed by atoms with Gasteiger partial charge in [0.05, 0.1) is 10.0 Å². The molecule has 0 fully saturated rings. The predicted molar refractivity (Wildman–Crippen MR) is 64.9 cm³/mol. The maximum absolute atomic E-state index is 11.2. The molecule has 0 spiro atoms. The minimum Gasteiger partial charge on any atom is -0.223 e. The summed E-state index contributed by atoms with van der Waals surface area (Å²) in [6, 6.07) is 6.23. The highest BCUT2D eigenvalue weighted by Gasteiger charge is 2.10. The van der Waals surface area contributed by atoms with Gasteiger partial charge in [0, 0.05) is 6.26 Å². The molecular weight excluding hydrogens is 269 g/mol. The third-order valence-electron chi connectivity index (χ3n) is 1.75. The van der Waals surface area contributed by atoms with Crippen molar-refractivity contribution in [1.82, 2.24) is 0 Å². The fourth-order valence-electron chi connectivity index (χ4n) is 0.976. The summed E-state index contributed by atoms with van der Waals surface area (Å²) >= 11 is 11.5. The van der Waals surface area contributed by atoms with Crippen LogP contribution in [0, 0.1) is 11.3 Å². The second-order valence-electron chi connectivity index (χ2n) is 3.07. The number of benzene rings is 1. The lowest BCUT2D eigenvalue weighted by Crippen LogP contribution is -1.98. The zero-order valence-electron chi connectivity index (χ0n) is 8.24. The Morgan fingerprint density at radius 3 is 2.44 bits per heavy atom. The molecule has 0 unspecified atom stereocenters. The van der Waals surface area contributed by atoms with Crippen molar-refractivity contribution in [2.45, 2.75) is 0 Å². The highest BCUT2D eigenvalue weighted by Crippen LogP contribution is 2.24. The summed E-state index contributed by atoms with van der Waals surface area (Å²) in [6.07, 6.45) is 2.22. The lowest BCUT2D eigenvalue weighted by molar-refractivity contribution is 0.609. The first-order valence-corrected chi connectivity index (χ1v) is 6.76. The molecule has 0 N–H and O–H groups in total. The largest absolute Gasteiger partial charge is 0.223 e. The molecule has 0 radical (unpaired) electrons. The Labute approximate surface area is 104 Å². The van der Waals surface area contributed by atoms with Gasteiger partial charge in [0.1, 0.15) is 11.0 Å². The van der Waals surface area contributed by atoms with Gasteiger partial charge in [-0.05, 0) is 23.8 Å². The van der Waals surface area contributed by atoms with Crippen LogP contribution in [0.25, 0.3) is 6.08 Å². The normalized spacial score (nSPS) is 12.2. The zero-order chi connectivity index (χ0) is 12.3. The summed E-state index contributed by atoms with van der Waals surface area (Å²) in [6.45, 7) is 0. The summed E-state index contributed by atoms with van der Waals surface area (Å²) < 4.78 is 22.3. The fraction of sp³-hybridized carbons (Fsp3) is 0.100. The number of nitriles is 1. The van der Waals surface area contributed by atoms with E-state index < -0.39 is 9.84 Å². The lowest BCUT2D eigenvalue weighted by Gasteiger charge is -1.99. The van der Waals surface area contributed by atoms with Gasteiger partial charge in [-0.25, -0.2) is 8.42 Å². The van der Waals surface area contributed by atoms with E-state index >= 15 is 0 Å². The van der Waals surface area contributed by atoms with E-state index in [4.69, 9.17) is 28.5 Å². The minimum absolute atomic E-state index is 0.307. The molecule has 0 saturated heterocycles. The van der Waals surface area contributed by atoms with Gasteiger partial charge in [-0.2, -0.15) is 5.26 Å². The SMILES string of the molecule is CS(=O)(=O)/C(C#N)=C/c1ccc(Cl)c(Cl)c1. The van der Waals surface area contributed by atoms with Crippen LogP contribution >= 0.6 is 23.2 Å². The van der Waals surface area contributed by atoms with Crippen LogP contribution < -0.4 is 0 Å². The fourth-order valence-corrected chi connectivity index (χ4v) is 1.80. The monoisotopic (exact) mass is 275 g/mol. The van der Waals surface area contributed by atoms with Gasteiger partial charge in [-0.15, -0.1) is 0 Å². The molecule has 84 valence electrons. The molecule has 0 saturated carbocycles. The molecule has 0 aliphatic heterocycles. The van der Waals surface area contributed by atoms with E-state index in [-0.39, 0.29) is 4.91 Å².